The first kappa shape index (κ1) is 14.5. The molecule has 2 amide bonds. The molecule has 8 heteroatoms. The predicted octanol–water partition coefficient (Wildman–Crippen LogP) is -0.894. The lowest BCUT2D eigenvalue weighted by molar-refractivity contribution is -0.139. The molecular formula is C14H18N6O2. The highest BCUT2D eigenvalue weighted by atomic mass is 16.2. The number of likely N-dealkylation sites (tertiary alicyclic amines) is 1. The number of hydrogen-bond donors (Lipinski definition) is 2. The van der Waals surface area contributed by atoms with Crippen molar-refractivity contribution in [2.24, 2.45) is 5.73 Å². The Hall–Kier alpha value is -2.48. The number of carbonyl (C=O) groups is 2. The van der Waals surface area contributed by atoms with Crippen LogP contribution in [0.15, 0.2) is 24.3 Å². The number of nitrogens with two attached hydrogens (primary N) is 1. The summed E-state index contributed by atoms with van der Waals surface area (Å²) < 4.78 is 0. The molecule has 22 heavy (non-hydrogen) atoms. The van der Waals surface area contributed by atoms with E-state index in [1.165, 1.54) is 9.70 Å². The van der Waals surface area contributed by atoms with Crippen molar-refractivity contribution in [3.63, 3.8) is 0 Å². The Labute approximate surface area is 127 Å². The van der Waals surface area contributed by atoms with Gasteiger partial charge in [-0.05, 0) is 18.6 Å². The van der Waals surface area contributed by atoms with Crippen molar-refractivity contribution in [2.45, 2.75) is 25.0 Å². The van der Waals surface area contributed by atoms with Gasteiger partial charge in [0.2, 0.25) is 11.8 Å². The molecule has 8 nitrogen and oxygen atoms in total. The van der Waals surface area contributed by atoms with Crippen LogP contribution in [0.4, 0.5) is 0 Å². The van der Waals surface area contributed by atoms with Crippen molar-refractivity contribution in [2.75, 3.05) is 13.6 Å². The molecule has 0 spiro atoms. The monoisotopic (exact) mass is 302 g/mol. The van der Waals surface area contributed by atoms with Crippen molar-refractivity contribution in [1.82, 2.24) is 25.2 Å². The van der Waals surface area contributed by atoms with Crippen LogP contribution in [0.25, 0.3) is 11.0 Å². The molecule has 2 heterocycles. The van der Waals surface area contributed by atoms with Gasteiger partial charge in [0.15, 0.2) is 0 Å². The summed E-state index contributed by atoms with van der Waals surface area (Å²) in [7, 11) is 1.55. The highest BCUT2D eigenvalue weighted by Crippen LogP contribution is 2.17. The molecule has 0 aliphatic carbocycles. The second-order valence-electron chi connectivity index (χ2n) is 5.39. The zero-order valence-corrected chi connectivity index (χ0v) is 12.3. The summed E-state index contributed by atoms with van der Waals surface area (Å²) in [4.78, 5) is 27.2. The van der Waals surface area contributed by atoms with Crippen molar-refractivity contribution in [1.29, 1.82) is 0 Å². The second-order valence-corrected chi connectivity index (χ2v) is 5.39. The average Bonchev–Trinajstić information content (AvgIpc) is 3.09. The first-order chi connectivity index (χ1) is 10.6. The van der Waals surface area contributed by atoms with Crippen LogP contribution in [0.1, 0.15) is 6.42 Å². The smallest absolute Gasteiger partial charge is 0.246 e. The van der Waals surface area contributed by atoms with Crippen molar-refractivity contribution in [3.05, 3.63) is 24.3 Å². The summed E-state index contributed by atoms with van der Waals surface area (Å²) in [5.74, 6) is -0.401. The summed E-state index contributed by atoms with van der Waals surface area (Å²) in [6, 6.07) is 6.70. The van der Waals surface area contributed by atoms with Crippen LogP contribution in [0.5, 0.6) is 0 Å². The SMILES string of the molecule is CNC(=O)[C@@H]1C[C@@H](N)CN1C(=O)Cn1nc2ccccc2n1. The van der Waals surface area contributed by atoms with Gasteiger partial charge in [0, 0.05) is 19.6 Å². The van der Waals surface area contributed by atoms with Gasteiger partial charge in [-0.3, -0.25) is 9.59 Å². The van der Waals surface area contributed by atoms with E-state index in [1.807, 2.05) is 24.3 Å². The second kappa shape index (κ2) is 5.72. The molecule has 1 aromatic heterocycles. The summed E-state index contributed by atoms with van der Waals surface area (Å²) in [6.45, 7) is 0.368. The minimum absolute atomic E-state index is 0.00507. The Bertz CT molecular complexity index is 679. The van der Waals surface area contributed by atoms with Crippen LogP contribution >= 0.6 is 0 Å². The summed E-state index contributed by atoms with van der Waals surface area (Å²) in [6.07, 6.45) is 0.472. The van der Waals surface area contributed by atoms with E-state index in [4.69, 9.17) is 5.73 Å². The van der Waals surface area contributed by atoms with Crippen LogP contribution in [-0.4, -0.2) is 57.4 Å². The number of amides is 2. The molecule has 2 atom stereocenters. The Balaban J connectivity index is 1.76. The van der Waals surface area contributed by atoms with Gasteiger partial charge in [-0.15, -0.1) is 0 Å². The normalized spacial score (nSPS) is 21.3. The van der Waals surface area contributed by atoms with E-state index in [9.17, 15) is 9.59 Å². The predicted molar refractivity (Wildman–Crippen MR) is 79.7 cm³/mol. The van der Waals surface area contributed by atoms with Gasteiger partial charge in [-0.1, -0.05) is 12.1 Å². The van der Waals surface area contributed by atoms with Gasteiger partial charge in [0.25, 0.3) is 0 Å². The summed E-state index contributed by atoms with van der Waals surface area (Å²) >= 11 is 0. The highest BCUT2D eigenvalue weighted by molar-refractivity contribution is 5.88. The zero-order chi connectivity index (χ0) is 15.7. The van der Waals surface area contributed by atoms with Crippen molar-refractivity contribution < 1.29 is 9.59 Å². The third-order valence-corrected chi connectivity index (χ3v) is 3.81. The molecule has 3 rings (SSSR count). The number of aromatic nitrogens is 3. The first-order valence-electron chi connectivity index (χ1n) is 7.15. The molecule has 1 fully saturated rings. The zero-order valence-electron chi connectivity index (χ0n) is 12.3. The number of nitrogens with zero attached hydrogens (tertiary/aromatic N) is 4. The van der Waals surface area contributed by atoms with E-state index < -0.39 is 6.04 Å². The molecule has 2 aromatic rings. The Kier molecular flexibility index (Phi) is 3.76. The lowest BCUT2D eigenvalue weighted by atomic mass is 10.1. The largest absolute Gasteiger partial charge is 0.357 e. The van der Waals surface area contributed by atoms with Crippen LogP contribution in [0.2, 0.25) is 0 Å². The molecule has 0 unspecified atom stereocenters. The van der Waals surface area contributed by atoms with E-state index in [1.54, 1.807) is 7.05 Å². The van der Waals surface area contributed by atoms with E-state index in [-0.39, 0.29) is 24.4 Å². The third kappa shape index (κ3) is 2.64. The van der Waals surface area contributed by atoms with Gasteiger partial charge < -0.3 is 16.0 Å². The van der Waals surface area contributed by atoms with Crippen molar-refractivity contribution >= 4 is 22.8 Å². The number of hydrogen-bond acceptors (Lipinski definition) is 5. The molecule has 1 saturated heterocycles. The summed E-state index contributed by atoms with van der Waals surface area (Å²) in [5, 5.41) is 11.1. The highest BCUT2D eigenvalue weighted by Gasteiger charge is 2.37. The van der Waals surface area contributed by atoms with E-state index in [0.29, 0.717) is 13.0 Å². The lowest BCUT2D eigenvalue weighted by Crippen LogP contribution is -2.46. The fraction of sp³-hybridized carbons (Fsp3) is 0.429. The number of benzene rings is 1. The van der Waals surface area contributed by atoms with Gasteiger partial charge >= 0.3 is 0 Å². The Morgan fingerprint density at radius 2 is 1.95 bits per heavy atom. The molecule has 0 radical (unpaired) electrons. The standard InChI is InChI=1S/C14H18N6O2/c1-16-14(22)12-6-9(15)7-19(12)13(21)8-20-17-10-4-2-3-5-11(10)18-20/h2-5,9,12H,6-8,15H2,1H3,(H,16,22)/t9-,12+/m1/s1. The molecule has 1 aliphatic heterocycles. The van der Waals surface area contributed by atoms with E-state index >= 15 is 0 Å². The molecule has 1 aliphatic rings. The first-order valence-corrected chi connectivity index (χ1v) is 7.15. The Morgan fingerprint density at radius 1 is 1.32 bits per heavy atom. The van der Waals surface area contributed by atoms with Crippen LogP contribution in [0.3, 0.4) is 0 Å². The maximum absolute atomic E-state index is 12.5. The maximum atomic E-state index is 12.5. The number of rotatable bonds is 3. The average molecular weight is 302 g/mol. The molecule has 1 aromatic carbocycles. The Morgan fingerprint density at radius 3 is 2.55 bits per heavy atom. The molecule has 116 valence electrons. The fourth-order valence-corrected chi connectivity index (χ4v) is 2.75. The third-order valence-electron chi connectivity index (χ3n) is 3.81. The van der Waals surface area contributed by atoms with Gasteiger partial charge in [-0.2, -0.15) is 15.0 Å². The van der Waals surface area contributed by atoms with Crippen LogP contribution < -0.4 is 11.1 Å². The minimum Gasteiger partial charge on any atom is -0.357 e. The fourth-order valence-electron chi connectivity index (χ4n) is 2.75. The molecule has 0 bridgehead atoms. The number of fused-ring (bicyclic) bond motifs is 1. The van der Waals surface area contributed by atoms with E-state index in [2.05, 4.69) is 15.5 Å². The minimum atomic E-state index is -0.516. The maximum Gasteiger partial charge on any atom is 0.246 e. The quantitative estimate of drug-likeness (QED) is 0.764. The molecular weight excluding hydrogens is 284 g/mol. The van der Waals surface area contributed by atoms with E-state index in [0.717, 1.165) is 11.0 Å². The number of carbonyl (C=O) groups excluding carboxylic acids is 2. The number of likely N-dealkylation sites (N-methyl/N-ethyl adjacent to an activating group) is 1. The molecule has 0 saturated carbocycles. The topological polar surface area (TPSA) is 106 Å². The number of nitrogens with one attached hydrogen (secondary N) is 1. The molecule has 3 N–H and O–H groups in total. The van der Waals surface area contributed by atoms with Gasteiger partial charge in [0.05, 0.1) is 0 Å². The van der Waals surface area contributed by atoms with Gasteiger partial charge in [0.1, 0.15) is 23.6 Å². The van der Waals surface area contributed by atoms with Gasteiger partial charge in [-0.25, -0.2) is 0 Å². The lowest BCUT2D eigenvalue weighted by Gasteiger charge is -2.22. The van der Waals surface area contributed by atoms with Crippen LogP contribution in [-0.2, 0) is 16.1 Å². The van der Waals surface area contributed by atoms with Crippen LogP contribution in [0, 0.1) is 0 Å². The summed E-state index contributed by atoms with van der Waals surface area (Å²) in [5.41, 5.74) is 7.35. The van der Waals surface area contributed by atoms with Crippen molar-refractivity contribution in [3.8, 4) is 0 Å².